The highest BCUT2D eigenvalue weighted by Gasteiger charge is 2.47. The van der Waals surface area contributed by atoms with E-state index in [1.165, 1.54) is 0 Å². The molecular formula is C9H14O3. The van der Waals surface area contributed by atoms with Crippen LogP contribution in [0.15, 0.2) is 0 Å². The molecular weight excluding hydrogens is 156 g/mol. The van der Waals surface area contributed by atoms with Crippen molar-refractivity contribution in [3.05, 3.63) is 0 Å². The maximum Gasteiger partial charge on any atom is 0.307 e. The Labute approximate surface area is 71.8 Å². The van der Waals surface area contributed by atoms with Gasteiger partial charge in [0, 0.05) is 12.3 Å². The van der Waals surface area contributed by atoms with Crippen LogP contribution in [0.3, 0.4) is 0 Å². The topological polar surface area (TPSA) is 54.4 Å². The van der Waals surface area contributed by atoms with Crippen LogP contribution in [-0.4, -0.2) is 16.9 Å². The fourth-order valence-corrected chi connectivity index (χ4v) is 1.36. The molecule has 1 saturated carbocycles. The Morgan fingerprint density at radius 3 is 2.50 bits per heavy atom. The van der Waals surface area contributed by atoms with Gasteiger partial charge in [0.05, 0.1) is 5.92 Å². The van der Waals surface area contributed by atoms with Gasteiger partial charge in [-0.25, -0.2) is 0 Å². The van der Waals surface area contributed by atoms with E-state index in [-0.39, 0.29) is 17.6 Å². The molecule has 1 aliphatic rings. The zero-order chi connectivity index (χ0) is 9.14. The van der Waals surface area contributed by atoms with Crippen LogP contribution in [0.5, 0.6) is 0 Å². The molecule has 1 aliphatic carbocycles. The molecule has 3 nitrogen and oxygen atoms in total. The Kier molecular flexibility index (Phi) is 2.84. The number of Topliss-reactive ketones (excluding diaryl/α,β-unsaturated/α-hetero) is 1. The van der Waals surface area contributed by atoms with E-state index in [4.69, 9.17) is 5.11 Å². The van der Waals surface area contributed by atoms with Crippen LogP contribution in [0, 0.1) is 11.8 Å². The number of hydrogen-bond acceptors (Lipinski definition) is 2. The molecule has 2 atom stereocenters. The molecule has 0 radical (unpaired) electrons. The van der Waals surface area contributed by atoms with Crippen molar-refractivity contribution in [1.29, 1.82) is 0 Å². The van der Waals surface area contributed by atoms with Gasteiger partial charge in [0.15, 0.2) is 0 Å². The second kappa shape index (κ2) is 3.70. The number of carbonyl (C=O) groups is 2. The van der Waals surface area contributed by atoms with Crippen molar-refractivity contribution in [3.63, 3.8) is 0 Å². The molecule has 0 aliphatic heterocycles. The summed E-state index contributed by atoms with van der Waals surface area (Å²) < 4.78 is 0. The molecule has 0 aromatic rings. The van der Waals surface area contributed by atoms with E-state index < -0.39 is 5.97 Å². The highest BCUT2D eigenvalue weighted by molar-refractivity contribution is 5.90. The van der Waals surface area contributed by atoms with E-state index in [0.717, 1.165) is 12.8 Å². The van der Waals surface area contributed by atoms with Crippen LogP contribution in [-0.2, 0) is 9.59 Å². The largest absolute Gasteiger partial charge is 0.481 e. The zero-order valence-corrected chi connectivity index (χ0v) is 7.25. The number of carbonyl (C=O) groups excluding carboxylic acids is 1. The van der Waals surface area contributed by atoms with E-state index in [2.05, 4.69) is 0 Å². The monoisotopic (exact) mass is 170 g/mol. The number of rotatable bonds is 5. The molecule has 0 heterocycles. The SMILES string of the molecule is CCCCC(=O)[C@@H]1C[C@H]1C(=O)O. The predicted molar refractivity (Wildman–Crippen MR) is 43.8 cm³/mol. The van der Waals surface area contributed by atoms with Gasteiger partial charge < -0.3 is 5.11 Å². The molecule has 1 rings (SSSR count). The van der Waals surface area contributed by atoms with E-state index in [9.17, 15) is 9.59 Å². The van der Waals surface area contributed by atoms with Gasteiger partial charge >= 0.3 is 5.97 Å². The third-order valence-corrected chi connectivity index (χ3v) is 2.30. The van der Waals surface area contributed by atoms with Gasteiger partial charge in [0.2, 0.25) is 0 Å². The highest BCUT2D eigenvalue weighted by Crippen LogP contribution is 2.40. The van der Waals surface area contributed by atoms with Crippen molar-refractivity contribution in [2.24, 2.45) is 11.8 Å². The van der Waals surface area contributed by atoms with Gasteiger partial charge in [-0.05, 0) is 12.8 Å². The molecule has 0 aromatic carbocycles. The van der Waals surface area contributed by atoms with Gasteiger partial charge in [0.25, 0.3) is 0 Å². The molecule has 3 heteroatoms. The highest BCUT2D eigenvalue weighted by atomic mass is 16.4. The quantitative estimate of drug-likeness (QED) is 0.679. The number of carboxylic acid groups (broad SMARTS) is 1. The van der Waals surface area contributed by atoms with Crippen molar-refractivity contribution in [3.8, 4) is 0 Å². The third-order valence-electron chi connectivity index (χ3n) is 2.30. The summed E-state index contributed by atoms with van der Waals surface area (Å²) in [6.07, 6.45) is 3.01. The fourth-order valence-electron chi connectivity index (χ4n) is 1.36. The average Bonchev–Trinajstić information content (AvgIpc) is 2.78. The summed E-state index contributed by atoms with van der Waals surface area (Å²) in [6, 6.07) is 0. The first-order valence-electron chi connectivity index (χ1n) is 4.42. The molecule has 0 bridgehead atoms. The lowest BCUT2D eigenvalue weighted by molar-refractivity contribution is -0.140. The number of aliphatic carboxylic acids is 1. The van der Waals surface area contributed by atoms with Crippen molar-refractivity contribution < 1.29 is 14.7 Å². The van der Waals surface area contributed by atoms with Crippen LogP contribution in [0.4, 0.5) is 0 Å². The summed E-state index contributed by atoms with van der Waals surface area (Å²) in [4.78, 5) is 21.6. The van der Waals surface area contributed by atoms with Crippen LogP contribution in [0.2, 0.25) is 0 Å². The first-order valence-corrected chi connectivity index (χ1v) is 4.42. The van der Waals surface area contributed by atoms with Crippen LogP contribution >= 0.6 is 0 Å². The smallest absolute Gasteiger partial charge is 0.307 e. The number of hydrogen-bond donors (Lipinski definition) is 1. The first-order chi connectivity index (χ1) is 5.66. The first kappa shape index (κ1) is 9.23. The molecule has 0 amide bonds. The number of ketones is 1. The molecule has 0 aromatic heterocycles. The van der Waals surface area contributed by atoms with Gasteiger partial charge in [0.1, 0.15) is 5.78 Å². The standard InChI is InChI=1S/C9H14O3/c1-2-3-4-8(10)6-5-7(6)9(11)12/h6-7H,2-5H2,1H3,(H,11,12)/t6-,7-/m1/s1. The Bertz CT molecular complexity index is 198. The number of carboxylic acids is 1. The molecule has 0 saturated heterocycles. The maximum atomic E-state index is 11.2. The molecule has 1 N–H and O–H groups in total. The van der Waals surface area contributed by atoms with Crippen molar-refractivity contribution in [2.45, 2.75) is 32.6 Å². The summed E-state index contributed by atoms with van der Waals surface area (Å²) in [5.41, 5.74) is 0. The normalized spacial score (nSPS) is 26.8. The van der Waals surface area contributed by atoms with Gasteiger partial charge in [-0.15, -0.1) is 0 Å². The molecule has 68 valence electrons. The second-order valence-electron chi connectivity index (χ2n) is 3.36. The van der Waals surface area contributed by atoms with Crippen molar-refractivity contribution in [1.82, 2.24) is 0 Å². The van der Waals surface area contributed by atoms with E-state index in [1.54, 1.807) is 0 Å². The van der Waals surface area contributed by atoms with E-state index in [0.29, 0.717) is 12.8 Å². The Morgan fingerprint density at radius 1 is 1.42 bits per heavy atom. The minimum Gasteiger partial charge on any atom is -0.481 e. The molecule has 12 heavy (non-hydrogen) atoms. The Balaban J connectivity index is 2.24. The summed E-state index contributed by atoms with van der Waals surface area (Å²) in [6.45, 7) is 2.02. The predicted octanol–water partition coefficient (Wildman–Crippen LogP) is 1.47. The number of unbranched alkanes of at least 4 members (excludes halogenated alkanes) is 1. The molecule has 1 fully saturated rings. The second-order valence-corrected chi connectivity index (χ2v) is 3.36. The lowest BCUT2D eigenvalue weighted by Gasteiger charge is -1.95. The maximum absolute atomic E-state index is 11.2. The average molecular weight is 170 g/mol. The van der Waals surface area contributed by atoms with Gasteiger partial charge in [-0.1, -0.05) is 13.3 Å². The lowest BCUT2D eigenvalue weighted by atomic mass is 10.1. The summed E-state index contributed by atoms with van der Waals surface area (Å²) in [5.74, 6) is -1.20. The Hall–Kier alpha value is -0.860. The van der Waals surface area contributed by atoms with E-state index in [1.807, 2.05) is 6.92 Å². The molecule has 0 spiro atoms. The van der Waals surface area contributed by atoms with Gasteiger partial charge in [-0.2, -0.15) is 0 Å². The zero-order valence-electron chi connectivity index (χ0n) is 7.25. The fraction of sp³-hybridized carbons (Fsp3) is 0.778. The van der Waals surface area contributed by atoms with Crippen LogP contribution < -0.4 is 0 Å². The van der Waals surface area contributed by atoms with Gasteiger partial charge in [-0.3, -0.25) is 9.59 Å². The lowest BCUT2D eigenvalue weighted by Crippen LogP contribution is -2.07. The Morgan fingerprint density at radius 2 is 2.08 bits per heavy atom. The summed E-state index contributed by atoms with van der Waals surface area (Å²) in [7, 11) is 0. The van der Waals surface area contributed by atoms with E-state index >= 15 is 0 Å². The van der Waals surface area contributed by atoms with Crippen LogP contribution in [0.1, 0.15) is 32.6 Å². The third kappa shape index (κ3) is 2.06. The van der Waals surface area contributed by atoms with Crippen molar-refractivity contribution in [2.75, 3.05) is 0 Å². The van der Waals surface area contributed by atoms with Crippen LogP contribution in [0.25, 0.3) is 0 Å². The summed E-state index contributed by atoms with van der Waals surface area (Å²) >= 11 is 0. The summed E-state index contributed by atoms with van der Waals surface area (Å²) in [5, 5.41) is 8.55. The molecule has 0 unspecified atom stereocenters. The minimum absolute atomic E-state index is 0.143. The minimum atomic E-state index is -0.815. The van der Waals surface area contributed by atoms with Crippen molar-refractivity contribution >= 4 is 11.8 Å².